The Morgan fingerprint density at radius 3 is 2.76 bits per heavy atom. The largest absolute Gasteiger partial charge is 0.476 e. The Bertz CT molecular complexity index is 361. The van der Waals surface area contributed by atoms with E-state index in [1.165, 1.54) is 31.9 Å². The summed E-state index contributed by atoms with van der Waals surface area (Å²) in [5, 5.41) is 0.363. The van der Waals surface area contributed by atoms with Crippen LogP contribution in [0.5, 0.6) is 5.88 Å². The lowest BCUT2D eigenvalue weighted by Gasteiger charge is -2.30. The molecule has 5 heteroatoms. The van der Waals surface area contributed by atoms with E-state index in [2.05, 4.69) is 9.97 Å². The fourth-order valence-corrected chi connectivity index (χ4v) is 2.54. The lowest BCUT2D eigenvalue weighted by atomic mass is 9.80. The highest BCUT2D eigenvalue weighted by Crippen LogP contribution is 2.29. The molecule has 0 spiro atoms. The molecule has 1 aromatic heterocycles. The summed E-state index contributed by atoms with van der Waals surface area (Å²) in [4.78, 5) is 8.00. The van der Waals surface area contributed by atoms with Gasteiger partial charge < -0.3 is 10.5 Å². The zero-order valence-electron chi connectivity index (χ0n) is 9.81. The maximum Gasteiger partial charge on any atom is 0.233 e. The highest BCUT2D eigenvalue weighted by atomic mass is 35.5. The summed E-state index contributed by atoms with van der Waals surface area (Å²) in [6.45, 7) is 1.41. The van der Waals surface area contributed by atoms with Crippen LogP contribution >= 0.6 is 11.6 Å². The van der Waals surface area contributed by atoms with E-state index in [0.717, 1.165) is 6.54 Å². The molecular weight excluding hydrogens is 238 g/mol. The molecule has 0 radical (unpaired) electrons. The second kappa shape index (κ2) is 6.17. The van der Waals surface area contributed by atoms with Gasteiger partial charge in [0.1, 0.15) is 0 Å². The minimum absolute atomic E-state index is 0.363. The Morgan fingerprint density at radius 1 is 1.29 bits per heavy atom. The Kier molecular flexibility index (Phi) is 4.57. The van der Waals surface area contributed by atoms with Crippen LogP contribution in [0.1, 0.15) is 25.7 Å². The average molecular weight is 256 g/mol. The van der Waals surface area contributed by atoms with Crippen LogP contribution in [0.15, 0.2) is 12.4 Å². The van der Waals surface area contributed by atoms with Crippen LogP contribution in [-0.4, -0.2) is 23.1 Å². The maximum absolute atomic E-state index is 5.78. The van der Waals surface area contributed by atoms with E-state index in [-0.39, 0.29) is 0 Å². The lowest BCUT2D eigenvalue weighted by Crippen LogP contribution is -2.30. The Labute approximate surface area is 107 Å². The van der Waals surface area contributed by atoms with Crippen LogP contribution in [0, 0.1) is 11.8 Å². The zero-order valence-corrected chi connectivity index (χ0v) is 10.6. The van der Waals surface area contributed by atoms with E-state index in [9.17, 15) is 0 Å². The number of hydrogen-bond acceptors (Lipinski definition) is 4. The van der Waals surface area contributed by atoms with E-state index in [1.807, 2.05) is 0 Å². The van der Waals surface area contributed by atoms with E-state index in [1.54, 1.807) is 6.20 Å². The molecular formula is C12H18ClN3O. The average Bonchev–Trinajstić information content (AvgIpc) is 2.37. The molecule has 1 heterocycles. The van der Waals surface area contributed by atoms with Gasteiger partial charge in [-0.05, 0) is 31.2 Å². The molecule has 1 aliphatic carbocycles. The highest BCUT2D eigenvalue weighted by Gasteiger charge is 2.24. The first-order chi connectivity index (χ1) is 8.29. The quantitative estimate of drug-likeness (QED) is 0.897. The highest BCUT2D eigenvalue weighted by molar-refractivity contribution is 6.29. The molecule has 94 valence electrons. The third-order valence-corrected chi connectivity index (χ3v) is 3.58. The number of nitrogens with zero attached hydrogens (tertiary/aromatic N) is 2. The van der Waals surface area contributed by atoms with Crippen molar-refractivity contribution in [1.82, 2.24) is 9.97 Å². The summed E-state index contributed by atoms with van der Waals surface area (Å²) in [7, 11) is 0. The van der Waals surface area contributed by atoms with Gasteiger partial charge in [-0.1, -0.05) is 24.4 Å². The predicted molar refractivity (Wildman–Crippen MR) is 67.0 cm³/mol. The van der Waals surface area contributed by atoms with E-state index >= 15 is 0 Å². The summed E-state index contributed by atoms with van der Waals surface area (Å²) in [6.07, 6.45) is 8.05. The van der Waals surface area contributed by atoms with Crippen molar-refractivity contribution in [1.29, 1.82) is 0 Å². The molecule has 1 aromatic rings. The van der Waals surface area contributed by atoms with Crippen molar-refractivity contribution in [3.05, 3.63) is 17.5 Å². The minimum atomic E-state index is 0.363. The Morgan fingerprint density at radius 2 is 2.06 bits per heavy atom. The SMILES string of the molecule is NCC1CCCCC1COc1cncc(Cl)n1. The van der Waals surface area contributed by atoms with Gasteiger partial charge in [-0.2, -0.15) is 4.98 Å². The molecule has 0 amide bonds. The normalized spacial score (nSPS) is 24.6. The topological polar surface area (TPSA) is 61.0 Å². The van der Waals surface area contributed by atoms with E-state index in [0.29, 0.717) is 29.5 Å². The van der Waals surface area contributed by atoms with Gasteiger partial charge >= 0.3 is 0 Å². The van der Waals surface area contributed by atoms with Crippen molar-refractivity contribution in [3.63, 3.8) is 0 Å². The van der Waals surface area contributed by atoms with Crippen LogP contribution in [0.25, 0.3) is 0 Å². The number of nitrogens with two attached hydrogens (primary N) is 1. The van der Waals surface area contributed by atoms with Crippen molar-refractivity contribution in [3.8, 4) is 5.88 Å². The van der Waals surface area contributed by atoms with Crippen molar-refractivity contribution in [2.75, 3.05) is 13.2 Å². The van der Waals surface area contributed by atoms with E-state index < -0.39 is 0 Å². The van der Waals surface area contributed by atoms with E-state index in [4.69, 9.17) is 22.1 Å². The van der Waals surface area contributed by atoms with Crippen molar-refractivity contribution >= 4 is 11.6 Å². The molecule has 17 heavy (non-hydrogen) atoms. The summed E-state index contributed by atoms with van der Waals surface area (Å²) in [6, 6.07) is 0. The molecule has 2 N–H and O–H groups in total. The lowest BCUT2D eigenvalue weighted by molar-refractivity contribution is 0.149. The number of aromatic nitrogens is 2. The third-order valence-electron chi connectivity index (χ3n) is 3.40. The molecule has 0 bridgehead atoms. The van der Waals surface area contributed by atoms with Crippen LogP contribution in [0.4, 0.5) is 0 Å². The van der Waals surface area contributed by atoms with Gasteiger partial charge in [-0.25, -0.2) is 0 Å². The third kappa shape index (κ3) is 3.54. The van der Waals surface area contributed by atoms with Gasteiger partial charge in [-0.15, -0.1) is 0 Å². The molecule has 2 unspecified atom stereocenters. The molecule has 4 nitrogen and oxygen atoms in total. The summed E-state index contributed by atoms with van der Waals surface area (Å²) >= 11 is 5.75. The van der Waals surface area contributed by atoms with Crippen LogP contribution in [0.2, 0.25) is 5.15 Å². The summed E-state index contributed by atoms with van der Waals surface area (Å²) < 4.78 is 5.64. The van der Waals surface area contributed by atoms with Gasteiger partial charge in [-0.3, -0.25) is 4.98 Å². The fraction of sp³-hybridized carbons (Fsp3) is 0.667. The van der Waals surface area contributed by atoms with Gasteiger partial charge in [0.25, 0.3) is 0 Å². The van der Waals surface area contributed by atoms with Gasteiger partial charge in [0.2, 0.25) is 5.88 Å². The number of halogens is 1. The second-order valence-electron chi connectivity index (χ2n) is 4.53. The Balaban J connectivity index is 1.88. The van der Waals surface area contributed by atoms with Gasteiger partial charge in [0.05, 0.1) is 19.0 Å². The maximum atomic E-state index is 5.78. The first kappa shape index (κ1) is 12.6. The molecule has 2 atom stereocenters. The molecule has 0 aromatic carbocycles. The second-order valence-corrected chi connectivity index (χ2v) is 4.92. The molecule has 1 saturated carbocycles. The standard InChI is InChI=1S/C12H18ClN3O/c13-11-6-15-7-12(16-11)17-8-10-4-2-1-3-9(10)5-14/h6-7,9-10H,1-5,8,14H2. The first-order valence-electron chi connectivity index (χ1n) is 6.10. The summed E-state index contributed by atoms with van der Waals surface area (Å²) in [5.74, 6) is 1.62. The Hall–Kier alpha value is -0.870. The van der Waals surface area contributed by atoms with Gasteiger partial charge in [0.15, 0.2) is 5.15 Å². The smallest absolute Gasteiger partial charge is 0.233 e. The number of rotatable bonds is 4. The molecule has 1 fully saturated rings. The molecule has 0 saturated heterocycles. The number of ether oxygens (including phenoxy) is 1. The zero-order chi connectivity index (χ0) is 12.1. The van der Waals surface area contributed by atoms with Crippen LogP contribution in [-0.2, 0) is 0 Å². The van der Waals surface area contributed by atoms with Crippen molar-refractivity contribution < 1.29 is 4.74 Å². The minimum Gasteiger partial charge on any atom is -0.476 e. The molecule has 2 rings (SSSR count). The first-order valence-corrected chi connectivity index (χ1v) is 6.48. The van der Waals surface area contributed by atoms with Crippen LogP contribution in [0.3, 0.4) is 0 Å². The van der Waals surface area contributed by atoms with Crippen LogP contribution < -0.4 is 10.5 Å². The monoisotopic (exact) mass is 255 g/mol. The van der Waals surface area contributed by atoms with Gasteiger partial charge in [0, 0.05) is 0 Å². The fourth-order valence-electron chi connectivity index (χ4n) is 2.40. The molecule has 1 aliphatic rings. The van der Waals surface area contributed by atoms with Crippen molar-refractivity contribution in [2.45, 2.75) is 25.7 Å². The summed E-state index contributed by atoms with van der Waals surface area (Å²) in [5.41, 5.74) is 5.78. The number of hydrogen-bond donors (Lipinski definition) is 1. The predicted octanol–water partition coefficient (Wildman–Crippen LogP) is 2.27. The molecule has 0 aliphatic heterocycles. The van der Waals surface area contributed by atoms with Crippen molar-refractivity contribution in [2.24, 2.45) is 17.6 Å².